The molecule has 0 atom stereocenters. The fraction of sp³-hybridized carbons (Fsp3) is 0.308. The Morgan fingerprint density at radius 3 is 2.62 bits per heavy atom. The predicted molar refractivity (Wildman–Crippen MR) is 78.7 cm³/mol. The third kappa shape index (κ3) is 4.26. The number of hydrogen-bond acceptors (Lipinski definition) is 8. The van der Waals surface area contributed by atoms with Gasteiger partial charge < -0.3 is 20.2 Å². The van der Waals surface area contributed by atoms with Gasteiger partial charge in [-0.3, -0.25) is 0 Å². The summed E-state index contributed by atoms with van der Waals surface area (Å²) >= 11 is 0. The molecule has 2 aromatic heterocycles. The molecular formula is C13H18N6O2. The SMILES string of the molecule is COCc1nc(NN)cc(NCc2ccc(OC)nc2)n1. The minimum absolute atomic E-state index is 0.314. The minimum atomic E-state index is 0.314. The smallest absolute Gasteiger partial charge is 0.212 e. The van der Waals surface area contributed by atoms with Gasteiger partial charge in [-0.05, 0) is 5.56 Å². The van der Waals surface area contributed by atoms with Crippen molar-refractivity contribution in [3.8, 4) is 5.88 Å². The zero-order chi connectivity index (χ0) is 15.1. The Hall–Kier alpha value is -2.45. The average Bonchev–Trinajstić information content (AvgIpc) is 2.53. The van der Waals surface area contributed by atoms with Crippen LogP contribution in [0.3, 0.4) is 0 Å². The number of methoxy groups -OCH3 is 2. The predicted octanol–water partition coefficient (Wildman–Crippen LogP) is 0.924. The molecule has 0 aliphatic rings. The molecule has 0 aliphatic carbocycles. The van der Waals surface area contributed by atoms with E-state index in [0.29, 0.717) is 36.5 Å². The Morgan fingerprint density at radius 2 is 2.00 bits per heavy atom. The maximum Gasteiger partial charge on any atom is 0.212 e. The first-order valence-electron chi connectivity index (χ1n) is 6.31. The molecule has 2 rings (SSSR count). The molecule has 0 radical (unpaired) electrons. The average molecular weight is 290 g/mol. The van der Waals surface area contributed by atoms with Crippen molar-refractivity contribution in [3.05, 3.63) is 35.8 Å². The van der Waals surface area contributed by atoms with Gasteiger partial charge >= 0.3 is 0 Å². The second kappa shape index (κ2) is 7.36. The molecule has 0 amide bonds. The van der Waals surface area contributed by atoms with Gasteiger partial charge in [-0.2, -0.15) is 0 Å². The third-order valence-electron chi connectivity index (χ3n) is 2.67. The van der Waals surface area contributed by atoms with Gasteiger partial charge in [0.2, 0.25) is 5.88 Å². The van der Waals surface area contributed by atoms with E-state index in [1.165, 1.54) is 0 Å². The van der Waals surface area contributed by atoms with E-state index >= 15 is 0 Å². The number of anilines is 2. The second-order valence-electron chi connectivity index (χ2n) is 4.19. The molecule has 0 fully saturated rings. The Kier molecular flexibility index (Phi) is 5.24. The Bertz CT molecular complexity index is 575. The molecule has 8 heteroatoms. The molecule has 0 aliphatic heterocycles. The van der Waals surface area contributed by atoms with Crippen LogP contribution in [0.1, 0.15) is 11.4 Å². The van der Waals surface area contributed by atoms with E-state index in [0.717, 1.165) is 5.56 Å². The first kappa shape index (κ1) is 14.9. The molecule has 8 nitrogen and oxygen atoms in total. The number of ether oxygens (including phenoxy) is 2. The van der Waals surface area contributed by atoms with Crippen LogP contribution >= 0.6 is 0 Å². The fourth-order valence-electron chi connectivity index (χ4n) is 1.68. The standard InChI is InChI=1S/C13H18N6O2/c1-20-8-12-17-10(5-11(18-12)19-14)15-6-9-3-4-13(21-2)16-7-9/h3-5,7H,6,8,14H2,1-2H3,(H2,15,17,18,19). The highest BCUT2D eigenvalue weighted by atomic mass is 16.5. The molecule has 2 heterocycles. The monoisotopic (exact) mass is 290 g/mol. The van der Waals surface area contributed by atoms with E-state index in [1.54, 1.807) is 32.5 Å². The third-order valence-corrected chi connectivity index (χ3v) is 2.67. The van der Waals surface area contributed by atoms with Gasteiger partial charge in [0.15, 0.2) is 5.82 Å². The molecule has 0 spiro atoms. The Labute approximate surface area is 122 Å². The summed E-state index contributed by atoms with van der Waals surface area (Å²) in [7, 11) is 3.17. The van der Waals surface area contributed by atoms with Crippen molar-refractivity contribution >= 4 is 11.6 Å². The summed E-state index contributed by atoms with van der Waals surface area (Å²) < 4.78 is 10.0. The van der Waals surface area contributed by atoms with Gasteiger partial charge in [0, 0.05) is 32.0 Å². The largest absolute Gasteiger partial charge is 0.481 e. The highest BCUT2D eigenvalue weighted by molar-refractivity contribution is 5.47. The van der Waals surface area contributed by atoms with Crippen molar-refractivity contribution in [2.45, 2.75) is 13.2 Å². The number of nitrogen functional groups attached to an aromatic ring is 1. The van der Waals surface area contributed by atoms with Crippen LogP contribution in [0.15, 0.2) is 24.4 Å². The maximum atomic E-state index is 5.39. The lowest BCUT2D eigenvalue weighted by atomic mass is 10.3. The van der Waals surface area contributed by atoms with Gasteiger partial charge in [0.05, 0.1) is 7.11 Å². The number of rotatable bonds is 7. The quantitative estimate of drug-likeness (QED) is 0.510. The highest BCUT2D eigenvalue weighted by Gasteiger charge is 2.04. The van der Waals surface area contributed by atoms with Gasteiger partial charge in [0.25, 0.3) is 0 Å². The summed E-state index contributed by atoms with van der Waals surface area (Å²) in [6.45, 7) is 0.888. The van der Waals surface area contributed by atoms with Crippen LogP contribution in [0.2, 0.25) is 0 Å². The molecular weight excluding hydrogens is 272 g/mol. The van der Waals surface area contributed by atoms with E-state index < -0.39 is 0 Å². The van der Waals surface area contributed by atoms with Crippen molar-refractivity contribution in [1.82, 2.24) is 15.0 Å². The van der Waals surface area contributed by atoms with E-state index in [1.807, 2.05) is 6.07 Å². The zero-order valence-corrected chi connectivity index (χ0v) is 12.0. The van der Waals surface area contributed by atoms with Gasteiger partial charge in [0.1, 0.15) is 18.2 Å². The number of aromatic nitrogens is 3. The van der Waals surface area contributed by atoms with Crippen LogP contribution < -0.4 is 21.3 Å². The van der Waals surface area contributed by atoms with Gasteiger partial charge in [-0.25, -0.2) is 20.8 Å². The van der Waals surface area contributed by atoms with E-state index in [-0.39, 0.29) is 0 Å². The first-order chi connectivity index (χ1) is 10.2. The van der Waals surface area contributed by atoms with Gasteiger partial charge in [-0.1, -0.05) is 6.07 Å². The molecule has 0 saturated carbocycles. The lowest BCUT2D eigenvalue weighted by Gasteiger charge is -2.09. The van der Waals surface area contributed by atoms with E-state index in [4.69, 9.17) is 15.3 Å². The lowest BCUT2D eigenvalue weighted by molar-refractivity contribution is 0.178. The maximum absolute atomic E-state index is 5.39. The molecule has 2 aromatic rings. The molecule has 0 unspecified atom stereocenters. The topological polar surface area (TPSA) is 107 Å². The van der Waals surface area contributed by atoms with Crippen molar-refractivity contribution in [1.29, 1.82) is 0 Å². The van der Waals surface area contributed by atoms with Crippen LogP contribution in [-0.2, 0) is 17.9 Å². The molecule has 4 N–H and O–H groups in total. The fourth-order valence-corrected chi connectivity index (χ4v) is 1.68. The number of hydrogen-bond donors (Lipinski definition) is 3. The van der Waals surface area contributed by atoms with Crippen LogP contribution in [0, 0.1) is 0 Å². The summed E-state index contributed by atoms with van der Waals surface area (Å²) in [5, 5.41) is 3.19. The van der Waals surface area contributed by atoms with Crippen molar-refractivity contribution < 1.29 is 9.47 Å². The first-order valence-corrected chi connectivity index (χ1v) is 6.31. The number of hydrazine groups is 1. The number of nitrogens with two attached hydrogens (primary N) is 1. The Morgan fingerprint density at radius 1 is 1.19 bits per heavy atom. The zero-order valence-electron chi connectivity index (χ0n) is 12.0. The number of nitrogens with one attached hydrogen (secondary N) is 2. The number of nitrogens with zero attached hydrogens (tertiary/aromatic N) is 3. The van der Waals surface area contributed by atoms with Crippen molar-refractivity contribution in [2.24, 2.45) is 5.84 Å². The summed E-state index contributed by atoms with van der Waals surface area (Å²) in [6, 6.07) is 5.45. The number of pyridine rings is 1. The van der Waals surface area contributed by atoms with Crippen LogP contribution in [0.25, 0.3) is 0 Å². The summed E-state index contributed by atoms with van der Waals surface area (Å²) in [6.07, 6.45) is 1.74. The van der Waals surface area contributed by atoms with Gasteiger partial charge in [-0.15, -0.1) is 0 Å². The normalized spacial score (nSPS) is 10.2. The molecule has 0 aromatic carbocycles. The summed E-state index contributed by atoms with van der Waals surface area (Å²) in [5.74, 6) is 7.69. The second-order valence-corrected chi connectivity index (χ2v) is 4.19. The van der Waals surface area contributed by atoms with Crippen molar-refractivity contribution in [3.63, 3.8) is 0 Å². The minimum Gasteiger partial charge on any atom is -0.481 e. The molecule has 0 bridgehead atoms. The van der Waals surface area contributed by atoms with Crippen LogP contribution in [0.4, 0.5) is 11.6 Å². The van der Waals surface area contributed by atoms with E-state index in [9.17, 15) is 0 Å². The van der Waals surface area contributed by atoms with Crippen LogP contribution in [0.5, 0.6) is 5.88 Å². The molecule has 0 saturated heterocycles. The summed E-state index contributed by atoms with van der Waals surface area (Å²) in [4.78, 5) is 12.7. The van der Waals surface area contributed by atoms with Crippen molar-refractivity contribution in [2.75, 3.05) is 25.0 Å². The lowest BCUT2D eigenvalue weighted by Crippen LogP contribution is -2.12. The Balaban J connectivity index is 2.05. The highest BCUT2D eigenvalue weighted by Crippen LogP contribution is 2.13. The summed E-state index contributed by atoms with van der Waals surface area (Å²) in [5.41, 5.74) is 3.51. The van der Waals surface area contributed by atoms with Crippen LogP contribution in [-0.4, -0.2) is 29.2 Å². The van der Waals surface area contributed by atoms with E-state index in [2.05, 4.69) is 25.7 Å². The molecule has 21 heavy (non-hydrogen) atoms. The molecule has 112 valence electrons.